The van der Waals surface area contributed by atoms with Crippen LogP contribution in [0.5, 0.6) is 0 Å². The standard InChI is InChI=1S/C13H15NO2/c1-4-16-13(15)11-8-10-5-6-14(3)12(10)7-9(11)2/h5-8H,4H2,1-3H3. The van der Waals surface area contributed by atoms with Crippen molar-refractivity contribution in [1.82, 2.24) is 4.57 Å². The highest BCUT2D eigenvalue weighted by Gasteiger charge is 2.11. The van der Waals surface area contributed by atoms with Gasteiger partial charge in [-0.2, -0.15) is 0 Å². The average molecular weight is 217 g/mol. The van der Waals surface area contributed by atoms with Crippen molar-refractivity contribution in [3.05, 3.63) is 35.5 Å². The van der Waals surface area contributed by atoms with Gasteiger partial charge in [0.05, 0.1) is 12.2 Å². The smallest absolute Gasteiger partial charge is 0.338 e. The molecule has 0 unspecified atom stereocenters. The SMILES string of the molecule is CCOC(=O)c1cc2ccn(C)c2cc1C. The lowest BCUT2D eigenvalue weighted by molar-refractivity contribution is 0.0525. The minimum absolute atomic E-state index is 0.245. The highest BCUT2D eigenvalue weighted by Crippen LogP contribution is 2.21. The summed E-state index contributed by atoms with van der Waals surface area (Å²) in [5.74, 6) is -0.245. The molecule has 0 N–H and O–H groups in total. The zero-order chi connectivity index (χ0) is 11.7. The fourth-order valence-corrected chi connectivity index (χ4v) is 1.85. The van der Waals surface area contributed by atoms with Crippen LogP contribution < -0.4 is 0 Å². The van der Waals surface area contributed by atoms with Gasteiger partial charge in [-0.15, -0.1) is 0 Å². The number of esters is 1. The molecule has 2 rings (SSSR count). The molecule has 0 aliphatic carbocycles. The minimum atomic E-state index is -0.245. The molecule has 0 amide bonds. The van der Waals surface area contributed by atoms with E-state index in [0.717, 1.165) is 16.5 Å². The van der Waals surface area contributed by atoms with E-state index in [-0.39, 0.29) is 5.97 Å². The molecule has 0 fully saturated rings. The molecule has 0 bridgehead atoms. The molecule has 3 heteroatoms. The Morgan fingerprint density at radius 2 is 2.19 bits per heavy atom. The van der Waals surface area contributed by atoms with Gasteiger partial charge in [-0.25, -0.2) is 4.79 Å². The number of hydrogen-bond donors (Lipinski definition) is 0. The summed E-state index contributed by atoms with van der Waals surface area (Å²) in [5, 5.41) is 1.07. The van der Waals surface area contributed by atoms with Gasteiger partial charge in [0.2, 0.25) is 0 Å². The summed E-state index contributed by atoms with van der Waals surface area (Å²) in [6.45, 7) is 4.15. The molecular formula is C13H15NO2. The molecule has 1 aromatic heterocycles. The topological polar surface area (TPSA) is 31.2 Å². The molecule has 0 atom stereocenters. The number of fused-ring (bicyclic) bond motifs is 1. The second-order valence-electron chi connectivity index (χ2n) is 3.87. The predicted octanol–water partition coefficient (Wildman–Crippen LogP) is 2.66. The van der Waals surface area contributed by atoms with Crippen LogP contribution in [0.4, 0.5) is 0 Å². The van der Waals surface area contributed by atoms with Crippen LogP contribution in [0.1, 0.15) is 22.8 Å². The Labute approximate surface area is 94.6 Å². The maximum Gasteiger partial charge on any atom is 0.338 e. The number of nitrogens with zero attached hydrogens (tertiary/aromatic N) is 1. The number of carbonyl (C=O) groups excluding carboxylic acids is 1. The van der Waals surface area contributed by atoms with Crippen LogP contribution in [0.25, 0.3) is 10.9 Å². The van der Waals surface area contributed by atoms with E-state index in [1.807, 2.05) is 49.9 Å². The van der Waals surface area contributed by atoms with Gasteiger partial charge in [-0.1, -0.05) is 0 Å². The van der Waals surface area contributed by atoms with Gasteiger partial charge in [0, 0.05) is 24.1 Å². The van der Waals surface area contributed by atoms with E-state index in [1.54, 1.807) is 0 Å². The Hall–Kier alpha value is -1.77. The quantitative estimate of drug-likeness (QED) is 0.724. The van der Waals surface area contributed by atoms with E-state index >= 15 is 0 Å². The van der Waals surface area contributed by atoms with Crippen molar-refractivity contribution in [2.24, 2.45) is 7.05 Å². The first-order chi connectivity index (χ1) is 7.63. The molecular weight excluding hydrogens is 202 g/mol. The minimum Gasteiger partial charge on any atom is -0.462 e. The number of aryl methyl sites for hydroxylation is 2. The molecule has 0 aliphatic heterocycles. The zero-order valence-electron chi connectivity index (χ0n) is 9.78. The molecule has 2 aromatic rings. The average Bonchev–Trinajstić information content (AvgIpc) is 2.59. The first-order valence-corrected chi connectivity index (χ1v) is 5.36. The third-order valence-corrected chi connectivity index (χ3v) is 2.73. The number of aromatic nitrogens is 1. The first kappa shape index (κ1) is 10.7. The lowest BCUT2D eigenvalue weighted by atomic mass is 10.1. The van der Waals surface area contributed by atoms with Gasteiger partial charge < -0.3 is 9.30 Å². The van der Waals surface area contributed by atoms with Crippen LogP contribution in [-0.2, 0) is 11.8 Å². The summed E-state index contributed by atoms with van der Waals surface area (Å²) in [6.07, 6.45) is 1.99. The van der Waals surface area contributed by atoms with Gasteiger partial charge in [-0.05, 0) is 37.6 Å². The van der Waals surface area contributed by atoms with Crippen molar-refractivity contribution < 1.29 is 9.53 Å². The summed E-state index contributed by atoms with van der Waals surface area (Å²) in [6, 6.07) is 5.90. The van der Waals surface area contributed by atoms with Crippen LogP contribution in [0, 0.1) is 6.92 Å². The molecule has 0 saturated carbocycles. The van der Waals surface area contributed by atoms with E-state index in [4.69, 9.17) is 4.74 Å². The molecule has 16 heavy (non-hydrogen) atoms. The summed E-state index contributed by atoms with van der Waals surface area (Å²) in [5.41, 5.74) is 2.74. The van der Waals surface area contributed by atoms with Crippen molar-refractivity contribution in [1.29, 1.82) is 0 Å². The highest BCUT2D eigenvalue weighted by atomic mass is 16.5. The van der Waals surface area contributed by atoms with Gasteiger partial charge in [-0.3, -0.25) is 0 Å². The Morgan fingerprint density at radius 1 is 1.44 bits per heavy atom. The lowest BCUT2D eigenvalue weighted by Gasteiger charge is -2.06. The maximum absolute atomic E-state index is 11.7. The Morgan fingerprint density at radius 3 is 2.88 bits per heavy atom. The largest absolute Gasteiger partial charge is 0.462 e. The summed E-state index contributed by atoms with van der Waals surface area (Å²) in [4.78, 5) is 11.7. The Kier molecular flexibility index (Phi) is 2.69. The third kappa shape index (κ3) is 1.69. The lowest BCUT2D eigenvalue weighted by Crippen LogP contribution is -2.06. The van der Waals surface area contributed by atoms with E-state index in [0.29, 0.717) is 12.2 Å². The third-order valence-electron chi connectivity index (χ3n) is 2.73. The Balaban J connectivity index is 2.54. The van der Waals surface area contributed by atoms with E-state index < -0.39 is 0 Å². The normalized spacial score (nSPS) is 10.7. The molecule has 0 aliphatic rings. The first-order valence-electron chi connectivity index (χ1n) is 5.36. The fraction of sp³-hybridized carbons (Fsp3) is 0.308. The van der Waals surface area contributed by atoms with Crippen LogP contribution >= 0.6 is 0 Å². The molecule has 0 radical (unpaired) electrons. The summed E-state index contributed by atoms with van der Waals surface area (Å²) in [7, 11) is 1.99. The molecule has 1 heterocycles. The van der Waals surface area contributed by atoms with E-state index in [9.17, 15) is 4.79 Å². The van der Waals surface area contributed by atoms with Crippen molar-refractivity contribution in [2.75, 3.05) is 6.61 Å². The van der Waals surface area contributed by atoms with Gasteiger partial charge in [0.15, 0.2) is 0 Å². The maximum atomic E-state index is 11.7. The number of benzene rings is 1. The van der Waals surface area contributed by atoms with E-state index in [1.165, 1.54) is 0 Å². The molecule has 3 nitrogen and oxygen atoms in total. The second kappa shape index (κ2) is 4.00. The number of rotatable bonds is 2. The monoisotopic (exact) mass is 217 g/mol. The van der Waals surface area contributed by atoms with Crippen molar-refractivity contribution in [3.8, 4) is 0 Å². The Bertz CT molecular complexity index is 540. The van der Waals surface area contributed by atoms with Crippen LogP contribution in [0.3, 0.4) is 0 Å². The van der Waals surface area contributed by atoms with Crippen LogP contribution in [0.2, 0.25) is 0 Å². The summed E-state index contributed by atoms with van der Waals surface area (Å²) < 4.78 is 7.06. The fourth-order valence-electron chi connectivity index (χ4n) is 1.85. The van der Waals surface area contributed by atoms with E-state index in [2.05, 4.69) is 0 Å². The van der Waals surface area contributed by atoms with Gasteiger partial charge >= 0.3 is 5.97 Å². The molecule has 0 spiro atoms. The van der Waals surface area contributed by atoms with Crippen molar-refractivity contribution in [3.63, 3.8) is 0 Å². The highest BCUT2D eigenvalue weighted by molar-refractivity contribution is 5.96. The van der Waals surface area contributed by atoms with Crippen LogP contribution in [-0.4, -0.2) is 17.1 Å². The number of hydrogen-bond acceptors (Lipinski definition) is 2. The molecule has 1 aromatic carbocycles. The predicted molar refractivity (Wildman–Crippen MR) is 63.6 cm³/mol. The molecule has 84 valence electrons. The zero-order valence-corrected chi connectivity index (χ0v) is 9.78. The van der Waals surface area contributed by atoms with Crippen molar-refractivity contribution >= 4 is 16.9 Å². The number of ether oxygens (including phenoxy) is 1. The number of carbonyl (C=O) groups is 1. The van der Waals surface area contributed by atoms with Crippen molar-refractivity contribution in [2.45, 2.75) is 13.8 Å². The molecule has 0 saturated heterocycles. The van der Waals surface area contributed by atoms with Gasteiger partial charge in [0.1, 0.15) is 0 Å². The van der Waals surface area contributed by atoms with Crippen LogP contribution in [0.15, 0.2) is 24.4 Å². The summed E-state index contributed by atoms with van der Waals surface area (Å²) >= 11 is 0. The van der Waals surface area contributed by atoms with Gasteiger partial charge in [0.25, 0.3) is 0 Å². The second-order valence-corrected chi connectivity index (χ2v) is 3.87.